The van der Waals surface area contributed by atoms with Gasteiger partial charge in [0.1, 0.15) is 11.6 Å². The Balaban J connectivity index is 1.75. The summed E-state index contributed by atoms with van der Waals surface area (Å²) < 4.78 is 43.6. The largest absolute Gasteiger partial charge is 0.494 e. The van der Waals surface area contributed by atoms with E-state index in [9.17, 15) is 17.6 Å². The molecule has 0 atom stereocenters. The topological polar surface area (TPSA) is 75.7 Å². The Morgan fingerprint density at radius 2 is 1.96 bits per heavy atom. The van der Waals surface area contributed by atoms with Gasteiger partial charge in [0.05, 0.1) is 30.7 Å². The van der Waals surface area contributed by atoms with Crippen LogP contribution in [0.2, 0.25) is 0 Å². The summed E-state index contributed by atoms with van der Waals surface area (Å²) in [7, 11) is -1.83. The average Bonchev–Trinajstić information content (AvgIpc) is 2.96. The van der Waals surface area contributed by atoms with Gasteiger partial charge in [0.25, 0.3) is 0 Å². The van der Waals surface area contributed by atoms with E-state index >= 15 is 0 Å². The molecule has 0 saturated carbocycles. The van der Waals surface area contributed by atoms with Crippen molar-refractivity contribution < 1.29 is 22.3 Å². The lowest BCUT2D eigenvalue weighted by Gasteiger charge is -2.19. The fourth-order valence-electron chi connectivity index (χ4n) is 2.85. The number of sulfonamides is 1. The first-order valence-corrected chi connectivity index (χ1v) is 9.73. The molecule has 1 heterocycles. The summed E-state index contributed by atoms with van der Waals surface area (Å²) in [5.74, 6) is -0.136. The van der Waals surface area contributed by atoms with Gasteiger partial charge in [-0.05, 0) is 36.2 Å². The Kier molecular flexibility index (Phi) is 5.13. The van der Waals surface area contributed by atoms with Gasteiger partial charge in [-0.25, -0.2) is 12.8 Å². The number of anilines is 2. The van der Waals surface area contributed by atoms with E-state index in [2.05, 4.69) is 5.32 Å². The summed E-state index contributed by atoms with van der Waals surface area (Å²) in [6.45, 7) is 0.432. The second-order valence-electron chi connectivity index (χ2n) is 5.98. The highest BCUT2D eigenvalue weighted by Crippen LogP contribution is 2.32. The lowest BCUT2D eigenvalue weighted by Crippen LogP contribution is -2.25. The van der Waals surface area contributed by atoms with Crippen molar-refractivity contribution in [1.29, 1.82) is 0 Å². The Labute approximate surface area is 151 Å². The van der Waals surface area contributed by atoms with Crippen molar-refractivity contribution in [3.63, 3.8) is 0 Å². The minimum absolute atomic E-state index is 0.0890. The summed E-state index contributed by atoms with van der Waals surface area (Å²) in [6.07, 6.45) is 0.673. The summed E-state index contributed by atoms with van der Waals surface area (Å²) in [5, 5.41) is 2.74. The first-order valence-electron chi connectivity index (χ1n) is 8.12. The van der Waals surface area contributed by atoms with Crippen LogP contribution in [0.1, 0.15) is 12.0 Å². The molecule has 6 nitrogen and oxygen atoms in total. The van der Waals surface area contributed by atoms with E-state index < -0.39 is 10.0 Å². The predicted octanol–water partition coefficient (Wildman–Crippen LogP) is 2.56. The summed E-state index contributed by atoms with van der Waals surface area (Å²) in [4.78, 5) is 12.2. The number of hydrogen-bond donors (Lipinski definition) is 1. The van der Waals surface area contributed by atoms with Crippen LogP contribution in [-0.2, 0) is 21.2 Å². The van der Waals surface area contributed by atoms with E-state index in [0.29, 0.717) is 35.7 Å². The zero-order chi connectivity index (χ0) is 18.7. The highest BCUT2D eigenvalue weighted by Gasteiger charge is 2.29. The summed E-state index contributed by atoms with van der Waals surface area (Å²) >= 11 is 0. The SMILES string of the molecule is COc1cc(N2CCCS2(=O)=O)ccc1NC(=O)Cc1ccc(F)cc1. The van der Waals surface area contributed by atoms with Crippen LogP contribution in [0.25, 0.3) is 0 Å². The highest BCUT2D eigenvalue weighted by molar-refractivity contribution is 7.93. The number of hydrogen-bond acceptors (Lipinski definition) is 4. The lowest BCUT2D eigenvalue weighted by atomic mass is 10.1. The Hall–Kier alpha value is -2.61. The van der Waals surface area contributed by atoms with Gasteiger partial charge in [0.2, 0.25) is 15.9 Å². The molecule has 26 heavy (non-hydrogen) atoms. The summed E-state index contributed by atoms with van der Waals surface area (Å²) in [6, 6.07) is 10.5. The molecule has 0 radical (unpaired) electrons. The number of carbonyl (C=O) groups excluding carboxylic acids is 1. The maximum Gasteiger partial charge on any atom is 0.235 e. The molecule has 0 bridgehead atoms. The normalized spacial score (nSPS) is 15.7. The second kappa shape index (κ2) is 7.33. The smallest absolute Gasteiger partial charge is 0.235 e. The van der Waals surface area contributed by atoms with Crippen molar-refractivity contribution in [2.45, 2.75) is 12.8 Å². The molecular weight excluding hydrogens is 359 g/mol. The third-order valence-corrected chi connectivity index (χ3v) is 5.99. The molecule has 1 amide bonds. The van der Waals surface area contributed by atoms with Crippen molar-refractivity contribution in [2.75, 3.05) is 29.0 Å². The van der Waals surface area contributed by atoms with Crippen molar-refractivity contribution in [3.05, 3.63) is 53.8 Å². The number of benzene rings is 2. The van der Waals surface area contributed by atoms with E-state index in [1.54, 1.807) is 30.3 Å². The van der Waals surface area contributed by atoms with Crippen molar-refractivity contribution in [3.8, 4) is 5.75 Å². The van der Waals surface area contributed by atoms with Gasteiger partial charge in [-0.3, -0.25) is 9.10 Å². The standard InChI is InChI=1S/C18H19FN2O4S/c1-25-17-12-15(21-9-2-10-26(21,23)24)7-8-16(17)20-18(22)11-13-3-5-14(19)6-4-13/h3-8,12H,2,9-11H2,1H3,(H,20,22). The van der Waals surface area contributed by atoms with E-state index in [1.807, 2.05) is 0 Å². The van der Waals surface area contributed by atoms with Crippen LogP contribution in [0, 0.1) is 5.82 Å². The number of carbonyl (C=O) groups is 1. The van der Waals surface area contributed by atoms with Crippen molar-refractivity contribution >= 4 is 27.3 Å². The van der Waals surface area contributed by atoms with E-state index in [1.165, 1.54) is 23.5 Å². The third-order valence-electron chi connectivity index (χ3n) is 4.12. The zero-order valence-corrected chi connectivity index (χ0v) is 15.1. The average molecular weight is 378 g/mol. The van der Waals surface area contributed by atoms with Crippen LogP contribution in [0.15, 0.2) is 42.5 Å². The second-order valence-corrected chi connectivity index (χ2v) is 7.99. The molecule has 1 aliphatic rings. The zero-order valence-electron chi connectivity index (χ0n) is 14.2. The lowest BCUT2D eigenvalue weighted by molar-refractivity contribution is -0.115. The first kappa shape index (κ1) is 18.2. The first-order chi connectivity index (χ1) is 12.4. The summed E-state index contributed by atoms with van der Waals surface area (Å²) in [5.41, 5.74) is 1.64. The molecule has 2 aromatic rings. The molecule has 0 unspecified atom stereocenters. The molecule has 0 aromatic heterocycles. The number of nitrogens with zero attached hydrogens (tertiary/aromatic N) is 1. The maximum atomic E-state index is 12.9. The number of methoxy groups -OCH3 is 1. The van der Waals surface area contributed by atoms with Crippen LogP contribution >= 0.6 is 0 Å². The van der Waals surface area contributed by atoms with E-state index in [0.717, 1.165) is 0 Å². The Bertz CT molecular complexity index is 913. The fraction of sp³-hybridized carbons (Fsp3) is 0.278. The Morgan fingerprint density at radius 1 is 1.23 bits per heavy atom. The molecule has 1 saturated heterocycles. The monoisotopic (exact) mass is 378 g/mol. The van der Waals surface area contributed by atoms with Crippen LogP contribution in [-0.4, -0.2) is 33.7 Å². The van der Waals surface area contributed by atoms with Gasteiger partial charge in [-0.1, -0.05) is 12.1 Å². The van der Waals surface area contributed by atoms with Gasteiger partial charge >= 0.3 is 0 Å². The minimum Gasteiger partial charge on any atom is -0.494 e. The molecule has 2 aromatic carbocycles. The molecule has 1 N–H and O–H groups in total. The predicted molar refractivity (Wildman–Crippen MR) is 97.5 cm³/mol. The van der Waals surface area contributed by atoms with Gasteiger partial charge in [0.15, 0.2) is 0 Å². The van der Waals surface area contributed by atoms with Crippen molar-refractivity contribution in [1.82, 2.24) is 0 Å². The number of halogens is 1. The molecule has 138 valence electrons. The molecule has 1 fully saturated rings. The van der Waals surface area contributed by atoms with Crippen molar-refractivity contribution in [2.24, 2.45) is 0 Å². The van der Waals surface area contributed by atoms with Crippen LogP contribution in [0.3, 0.4) is 0 Å². The molecule has 3 rings (SSSR count). The minimum atomic E-state index is -3.29. The number of nitrogens with one attached hydrogen (secondary N) is 1. The van der Waals surface area contributed by atoms with E-state index in [-0.39, 0.29) is 23.9 Å². The molecule has 8 heteroatoms. The number of ether oxygens (including phenoxy) is 1. The fourth-order valence-corrected chi connectivity index (χ4v) is 4.41. The van der Waals surface area contributed by atoms with E-state index in [4.69, 9.17) is 4.74 Å². The van der Waals surface area contributed by atoms with Gasteiger partial charge in [-0.15, -0.1) is 0 Å². The maximum absolute atomic E-state index is 12.9. The molecule has 1 aliphatic heterocycles. The molecular formula is C18H19FN2O4S. The quantitative estimate of drug-likeness (QED) is 0.868. The van der Waals surface area contributed by atoms with Gasteiger partial charge in [-0.2, -0.15) is 0 Å². The van der Waals surface area contributed by atoms with Crippen LogP contribution in [0.4, 0.5) is 15.8 Å². The van der Waals surface area contributed by atoms with Gasteiger partial charge in [0, 0.05) is 12.6 Å². The van der Waals surface area contributed by atoms with Gasteiger partial charge < -0.3 is 10.1 Å². The number of rotatable bonds is 5. The number of amides is 1. The van der Waals surface area contributed by atoms with Crippen LogP contribution in [0.5, 0.6) is 5.75 Å². The highest BCUT2D eigenvalue weighted by atomic mass is 32.2. The molecule has 0 spiro atoms. The molecule has 0 aliphatic carbocycles. The third kappa shape index (κ3) is 3.96. The van der Waals surface area contributed by atoms with Crippen LogP contribution < -0.4 is 14.4 Å². The Morgan fingerprint density at radius 3 is 2.58 bits per heavy atom.